The van der Waals surface area contributed by atoms with Crippen molar-refractivity contribution >= 4 is 28.1 Å². The van der Waals surface area contributed by atoms with E-state index >= 15 is 0 Å². The molecule has 1 aliphatic rings. The zero-order valence-corrected chi connectivity index (χ0v) is 14.9. The Morgan fingerprint density at radius 1 is 1.42 bits per heavy atom. The van der Waals surface area contributed by atoms with Crippen molar-refractivity contribution in [3.8, 4) is 5.75 Å². The van der Waals surface area contributed by atoms with E-state index in [-0.39, 0.29) is 47.2 Å². The van der Waals surface area contributed by atoms with Crippen LogP contribution in [0.5, 0.6) is 5.75 Å². The molecule has 0 saturated heterocycles. The van der Waals surface area contributed by atoms with E-state index in [4.69, 9.17) is 10.5 Å². The largest absolute Gasteiger partial charge is 0.490 e. The predicted molar refractivity (Wildman–Crippen MR) is 92.0 cm³/mol. The number of hydrogen-bond donors (Lipinski definition) is 2. The lowest BCUT2D eigenvalue weighted by Crippen LogP contribution is -2.44. The molecule has 1 fully saturated rings. The van der Waals surface area contributed by atoms with E-state index in [1.165, 1.54) is 19.2 Å². The Labute approximate surface area is 147 Å². The molecule has 0 bridgehead atoms. The van der Waals surface area contributed by atoms with E-state index in [9.17, 15) is 18.5 Å². The molecular weight excluding hydrogens is 358 g/mol. The number of methoxy groups -OCH3 is 1. The van der Waals surface area contributed by atoms with Gasteiger partial charge in [0.1, 0.15) is 0 Å². The Morgan fingerprint density at radius 2 is 2.04 bits per heavy atom. The summed E-state index contributed by atoms with van der Waals surface area (Å²) in [5.41, 5.74) is 5.32. The first-order valence-electron chi connectivity index (χ1n) is 7.44. The molecule has 0 spiro atoms. The molecule has 2 rings (SSSR count). The predicted octanol–water partition coefficient (Wildman–Crippen LogP) is 1.82. The van der Waals surface area contributed by atoms with Crippen molar-refractivity contribution in [3.63, 3.8) is 0 Å². The first-order valence-corrected chi connectivity index (χ1v) is 8.92. The molecular formula is C14H22ClN3O5S. The summed E-state index contributed by atoms with van der Waals surface area (Å²) in [4.78, 5) is 10.2. The van der Waals surface area contributed by atoms with Gasteiger partial charge in [-0.3, -0.25) is 10.1 Å². The molecule has 10 heteroatoms. The smallest absolute Gasteiger partial charge is 0.312 e. The molecule has 1 saturated carbocycles. The van der Waals surface area contributed by atoms with Crippen molar-refractivity contribution in [2.45, 2.75) is 36.6 Å². The van der Waals surface area contributed by atoms with Gasteiger partial charge in [0.15, 0.2) is 5.75 Å². The minimum atomic E-state index is -3.88. The maximum Gasteiger partial charge on any atom is 0.312 e. The average molecular weight is 380 g/mol. The highest BCUT2D eigenvalue weighted by Crippen LogP contribution is 2.31. The van der Waals surface area contributed by atoms with Crippen LogP contribution in [0, 0.1) is 16.0 Å². The highest BCUT2D eigenvalue weighted by Gasteiger charge is 2.29. The number of nitro groups is 1. The number of nitrogens with two attached hydrogens (primary N) is 1. The van der Waals surface area contributed by atoms with Gasteiger partial charge in [-0.15, -0.1) is 12.4 Å². The number of halogens is 1. The Bertz CT molecular complexity index is 677. The van der Waals surface area contributed by atoms with Crippen LogP contribution in [0.2, 0.25) is 0 Å². The van der Waals surface area contributed by atoms with Gasteiger partial charge in [0.2, 0.25) is 10.0 Å². The molecule has 1 aromatic carbocycles. The molecule has 136 valence electrons. The van der Waals surface area contributed by atoms with E-state index in [0.29, 0.717) is 0 Å². The number of nitrogens with one attached hydrogen (secondary N) is 1. The third kappa shape index (κ3) is 4.56. The monoisotopic (exact) mass is 379 g/mol. The van der Waals surface area contributed by atoms with Gasteiger partial charge in [-0.1, -0.05) is 12.8 Å². The first kappa shape index (κ1) is 20.6. The Kier molecular flexibility index (Phi) is 7.40. The molecule has 0 radical (unpaired) electrons. The molecule has 1 atom stereocenters. The Hall–Kier alpha value is -1.42. The third-order valence-corrected chi connectivity index (χ3v) is 5.67. The van der Waals surface area contributed by atoms with Crippen LogP contribution in [0.15, 0.2) is 23.1 Å². The second-order valence-corrected chi connectivity index (χ2v) is 7.31. The molecule has 0 aromatic heterocycles. The van der Waals surface area contributed by atoms with Gasteiger partial charge in [-0.05, 0) is 30.9 Å². The lowest BCUT2D eigenvalue weighted by atomic mass is 9.99. The van der Waals surface area contributed by atoms with Crippen LogP contribution in [0.4, 0.5) is 5.69 Å². The van der Waals surface area contributed by atoms with E-state index in [1.807, 2.05) is 0 Å². The summed E-state index contributed by atoms with van der Waals surface area (Å²) in [6, 6.07) is 3.21. The van der Waals surface area contributed by atoms with Gasteiger partial charge >= 0.3 is 5.69 Å². The van der Waals surface area contributed by atoms with Crippen molar-refractivity contribution in [3.05, 3.63) is 28.3 Å². The third-order valence-electron chi connectivity index (χ3n) is 4.19. The standard InChI is InChI=1S/C14H21N3O5S.ClH/c1-22-14-7-6-11(8-13(14)17(18)19)23(20,21)16-12(9-15)10-4-2-3-5-10;/h6-8,10,12,16H,2-5,9,15H2,1H3;1H. The van der Waals surface area contributed by atoms with E-state index < -0.39 is 14.9 Å². The minimum Gasteiger partial charge on any atom is -0.490 e. The summed E-state index contributed by atoms with van der Waals surface area (Å²) in [6.07, 6.45) is 4.01. The van der Waals surface area contributed by atoms with Crippen LogP contribution in [0.25, 0.3) is 0 Å². The average Bonchev–Trinajstić information content (AvgIpc) is 3.06. The molecule has 0 amide bonds. The van der Waals surface area contributed by atoms with Crippen molar-refractivity contribution in [1.29, 1.82) is 0 Å². The lowest BCUT2D eigenvalue weighted by molar-refractivity contribution is -0.386. The van der Waals surface area contributed by atoms with Crippen molar-refractivity contribution in [2.24, 2.45) is 11.7 Å². The van der Waals surface area contributed by atoms with E-state index in [2.05, 4.69) is 4.72 Å². The van der Waals surface area contributed by atoms with Crippen LogP contribution in [-0.2, 0) is 10.0 Å². The zero-order chi connectivity index (χ0) is 17.0. The SMILES string of the molecule is COc1ccc(S(=O)(=O)NC(CN)C2CCCC2)cc1[N+](=O)[O-].Cl. The van der Waals surface area contributed by atoms with Gasteiger partial charge in [0, 0.05) is 18.7 Å². The summed E-state index contributed by atoms with van der Waals surface area (Å²) < 4.78 is 32.5. The zero-order valence-electron chi connectivity index (χ0n) is 13.3. The molecule has 1 unspecified atom stereocenters. The lowest BCUT2D eigenvalue weighted by Gasteiger charge is -2.23. The van der Waals surface area contributed by atoms with Crippen LogP contribution >= 0.6 is 12.4 Å². The normalized spacial score (nSPS) is 16.4. The van der Waals surface area contributed by atoms with E-state index in [0.717, 1.165) is 31.7 Å². The number of nitrogens with zero attached hydrogens (tertiary/aromatic N) is 1. The highest BCUT2D eigenvalue weighted by molar-refractivity contribution is 7.89. The quantitative estimate of drug-likeness (QED) is 0.550. The Balaban J connectivity index is 0.00000288. The fraction of sp³-hybridized carbons (Fsp3) is 0.571. The number of ether oxygens (including phenoxy) is 1. The highest BCUT2D eigenvalue weighted by atomic mass is 35.5. The van der Waals surface area contributed by atoms with Crippen LogP contribution in [0.3, 0.4) is 0 Å². The van der Waals surface area contributed by atoms with Gasteiger partial charge in [0.05, 0.1) is 16.9 Å². The maximum absolute atomic E-state index is 12.5. The summed E-state index contributed by atoms with van der Waals surface area (Å²) in [5, 5.41) is 11.0. The first-order chi connectivity index (χ1) is 10.9. The number of rotatable bonds is 7. The number of hydrogen-bond acceptors (Lipinski definition) is 6. The molecule has 0 aliphatic heterocycles. The summed E-state index contributed by atoms with van der Waals surface area (Å²) in [5.74, 6) is 0.225. The number of nitro benzene ring substituents is 1. The topological polar surface area (TPSA) is 125 Å². The molecule has 3 N–H and O–H groups in total. The summed E-state index contributed by atoms with van der Waals surface area (Å²) in [6.45, 7) is 0.197. The van der Waals surface area contributed by atoms with Crippen LogP contribution < -0.4 is 15.2 Å². The summed E-state index contributed by atoms with van der Waals surface area (Å²) in [7, 11) is -2.59. The van der Waals surface area contributed by atoms with Gasteiger partial charge in [-0.25, -0.2) is 13.1 Å². The summed E-state index contributed by atoms with van der Waals surface area (Å²) >= 11 is 0. The number of sulfonamides is 1. The van der Waals surface area contributed by atoms with Gasteiger partial charge in [-0.2, -0.15) is 0 Å². The molecule has 1 aliphatic carbocycles. The van der Waals surface area contributed by atoms with Crippen molar-refractivity contribution < 1.29 is 18.1 Å². The van der Waals surface area contributed by atoms with Crippen LogP contribution in [-0.4, -0.2) is 33.0 Å². The second-order valence-electron chi connectivity index (χ2n) is 5.60. The van der Waals surface area contributed by atoms with Crippen molar-refractivity contribution in [2.75, 3.05) is 13.7 Å². The minimum absolute atomic E-state index is 0. The van der Waals surface area contributed by atoms with Gasteiger partial charge < -0.3 is 10.5 Å². The molecule has 0 heterocycles. The second kappa shape index (κ2) is 8.61. The fourth-order valence-corrected chi connectivity index (χ4v) is 4.28. The van der Waals surface area contributed by atoms with Gasteiger partial charge in [0.25, 0.3) is 0 Å². The fourth-order valence-electron chi connectivity index (χ4n) is 2.94. The maximum atomic E-state index is 12.5. The molecule has 8 nitrogen and oxygen atoms in total. The Morgan fingerprint density at radius 3 is 2.54 bits per heavy atom. The number of benzene rings is 1. The van der Waals surface area contributed by atoms with E-state index in [1.54, 1.807) is 0 Å². The molecule has 1 aromatic rings. The van der Waals surface area contributed by atoms with Crippen LogP contribution in [0.1, 0.15) is 25.7 Å². The molecule has 24 heavy (non-hydrogen) atoms. The van der Waals surface area contributed by atoms with Crippen molar-refractivity contribution in [1.82, 2.24) is 4.72 Å².